The molecule has 1 aromatic heterocycles. The van der Waals surface area contributed by atoms with Crippen molar-refractivity contribution in [2.24, 2.45) is 0 Å². The fraction of sp³-hybridized carbons (Fsp3) is 0.346. The number of hydrogen-bond donors (Lipinski definition) is 4. The van der Waals surface area contributed by atoms with Gasteiger partial charge in [-0.2, -0.15) is 0 Å². The Labute approximate surface area is 219 Å². The van der Waals surface area contributed by atoms with Gasteiger partial charge in [0.1, 0.15) is 30.0 Å². The minimum atomic E-state index is -0.681. The maximum atomic E-state index is 12.7. The molecule has 0 saturated carbocycles. The molecule has 0 radical (unpaired) electrons. The number of hydrogen-bond acceptors (Lipinski definition) is 7. The van der Waals surface area contributed by atoms with Crippen molar-refractivity contribution in [3.63, 3.8) is 0 Å². The van der Waals surface area contributed by atoms with Gasteiger partial charge in [0.15, 0.2) is 0 Å². The van der Waals surface area contributed by atoms with E-state index in [0.717, 1.165) is 25.9 Å². The van der Waals surface area contributed by atoms with Gasteiger partial charge in [0, 0.05) is 44.4 Å². The Bertz CT molecular complexity index is 1280. The van der Waals surface area contributed by atoms with Gasteiger partial charge in [-0.15, -0.1) is 0 Å². The van der Waals surface area contributed by atoms with Crippen LogP contribution in [0.3, 0.4) is 0 Å². The summed E-state index contributed by atoms with van der Waals surface area (Å²) in [6, 6.07) is 9.49. The number of aliphatic hydroxyl groups excluding tert-OH is 1. The van der Waals surface area contributed by atoms with Gasteiger partial charge >= 0.3 is 6.03 Å². The standard InChI is InChI=1S/C26H30ClN5O5/c1-28-25(34)19-12-18-22(13-24(19)36-15-16(33)14-32-9-3-4-10-32)30-8-7-23(18)37-17-5-6-21(20(27)11-17)31-26(35)29-2/h5-8,11-13,16,33H,3-4,9-10,14-15H2,1-2H3,(H,28,34)(H2,29,31,35)/t16-/m1/s1. The smallest absolute Gasteiger partial charge is 0.319 e. The van der Waals surface area contributed by atoms with E-state index in [2.05, 4.69) is 25.8 Å². The molecule has 1 saturated heterocycles. The van der Waals surface area contributed by atoms with E-state index in [1.165, 1.54) is 14.1 Å². The Morgan fingerprint density at radius 3 is 2.59 bits per heavy atom. The summed E-state index contributed by atoms with van der Waals surface area (Å²) in [6.07, 6.45) is 3.18. The lowest BCUT2D eigenvalue weighted by Crippen LogP contribution is -2.34. The van der Waals surface area contributed by atoms with E-state index in [1.807, 2.05) is 0 Å². The van der Waals surface area contributed by atoms with E-state index < -0.39 is 6.10 Å². The molecule has 4 N–H and O–H groups in total. The van der Waals surface area contributed by atoms with Crippen LogP contribution in [0.2, 0.25) is 5.02 Å². The van der Waals surface area contributed by atoms with Gasteiger partial charge in [0.2, 0.25) is 0 Å². The fourth-order valence-corrected chi connectivity index (χ4v) is 4.36. The normalized spacial score (nSPS) is 14.3. The lowest BCUT2D eigenvalue weighted by molar-refractivity contribution is 0.0746. The molecule has 37 heavy (non-hydrogen) atoms. The van der Waals surface area contributed by atoms with Crippen molar-refractivity contribution in [1.29, 1.82) is 0 Å². The van der Waals surface area contributed by atoms with Crippen molar-refractivity contribution in [3.8, 4) is 17.2 Å². The molecule has 0 unspecified atom stereocenters. The molecular weight excluding hydrogens is 498 g/mol. The number of halogens is 1. The molecule has 2 aromatic carbocycles. The van der Waals surface area contributed by atoms with Gasteiger partial charge in [-0.1, -0.05) is 11.6 Å². The monoisotopic (exact) mass is 527 g/mol. The Balaban J connectivity index is 1.57. The number of carbonyl (C=O) groups excluding carboxylic acids is 2. The van der Waals surface area contributed by atoms with Crippen LogP contribution in [0.4, 0.5) is 10.5 Å². The van der Waals surface area contributed by atoms with E-state index in [0.29, 0.717) is 51.0 Å². The number of ether oxygens (including phenoxy) is 2. The first-order valence-electron chi connectivity index (χ1n) is 12.0. The van der Waals surface area contributed by atoms with E-state index in [4.69, 9.17) is 21.1 Å². The number of aliphatic hydroxyl groups is 1. The molecule has 1 fully saturated rings. The van der Waals surface area contributed by atoms with Gasteiger partial charge in [-0.25, -0.2) is 4.79 Å². The van der Waals surface area contributed by atoms with Crippen molar-refractivity contribution in [2.75, 3.05) is 45.7 Å². The number of likely N-dealkylation sites (tertiary alicyclic amines) is 1. The Kier molecular flexibility index (Phi) is 8.65. The number of aromatic nitrogens is 1. The SMILES string of the molecule is CNC(=O)Nc1ccc(Oc2ccnc3cc(OC[C@H](O)CN4CCCC4)c(C(=O)NC)cc23)cc1Cl. The van der Waals surface area contributed by atoms with Crippen LogP contribution >= 0.6 is 11.6 Å². The number of amides is 3. The first-order valence-corrected chi connectivity index (χ1v) is 12.4. The molecule has 4 rings (SSSR count). The number of carbonyl (C=O) groups is 2. The molecule has 0 bridgehead atoms. The van der Waals surface area contributed by atoms with Crippen LogP contribution < -0.4 is 25.4 Å². The number of nitrogens with zero attached hydrogens (tertiary/aromatic N) is 2. The third-order valence-electron chi connectivity index (χ3n) is 6.02. The lowest BCUT2D eigenvalue weighted by atomic mass is 10.1. The number of fused-ring (bicyclic) bond motifs is 1. The van der Waals surface area contributed by atoms with E-state index in [1.54, 1.807) is 42.6 Å². The molecule has 2 heterocycles. The minimum absolute atomic E-state index is 0.0527. The maximum Gasteiger partial charge on any atom is 0.319 e. The highest BCUT2D eigenvalue weighted by atomic mass is 35.5. The zero-order valence-corrected chi connectivity index (χ0v) is 21.5. The first kappa shape index (κ1) is 26.5. The van der Waals surface area contributed by atoms with E-state index in [9.17, 15) is 14.7 Å². The van der Waals surface area contributed by atoms with Crippen LogP contribution in [-0.4, -0.2) is 73.4 Å². The average molecular weight is 528 g/mol. The van der Waals surface area contributed by atoms with Gasteiger partial charge in [0.25, 0.3) is 5.91 Å². The van der Waals surface area contributed by atoms with Crippen LogP contribution in [0.1, 0.15) is 23.2 Å². The van der Waals surface area contributed by atoms with Crippen molar-refractivity contribution in [3.05, 3.63) is 53.2 Å². The summed E-state index contributed by atoms with van der Waals surface area (Å²) in [5.41, 5.74) is 1.28. The summed E-state index contributed by atoms with van der Waals surface area (Å²) >= 11 is 6.31. The summed E-state index contributed by atoms with van der Waals surface area (Å²) in [7, 11) is 3.05. The summed E-state index contributed by atoms with van der Waals surface area (Å²) in [4.78, 5) is 30.9. The first-order chi connectivity index (χ1) is 17.9. The van der Waals surface area contributed by atoms with E-state index in [-0.39, 0.29) is 18.5 Å². The molecule has 0 aliphatic carbocycles. The Morgan fingerprint density at radius 1 is 1.11 bits per heavy atom. The van der Waals surface area contributed by atoms with Crippen LogP contribution in [0.5, 0.6) is 17.2 Å². The average Bonchev–Trinajstić information content (AvgIpc) is 3.41. The van der Waals surface area contributed by atoms with Crippen LogP contribution in [0, 0.1) is 0 Å². The van der Waals surface area contributed by atoms with Crippen molar-refractivity contribution in [1.82, 2.24) is 20.5 Å². The summed E-state index contributed by atoms with van der Waals surface area (Å²) in [5, 5.41) is 19.1. The number of β-amino-alcohol motifs (C(OH)–C–C–N with tert-alkyl or cyclic N) is 1. The number of nitrogens with one attached hydrogen (secondary N) is 3. The van der Waals surface area contributed by atoms with Gasteiger partial charge in [-0.05, 0) is 50.2 Å². The van der Waals surface area contributed by atoms with Crippen LogP contribution in [0.15, 0.2) is 42.6 Å². The highest BCUT2D eigenvalue weighted by Crippen LogP contribution is 2.35. The molecule has 3 amide bonds. The number of urea groups is 1. The maximum absolute atomic E-state index is 12.7. The topological polar surface area (TPSA) is 125 Å². The predicted molar refractivity (Wildman–Crippen MR) is 142 cm³/mol. The molecule has 1 aliphatic rings. The van der Waals surface area contributed by atoms with Crippen LogP contribution in [-0.2, 0) is 0 Å². The third kappa shape index (κ3) is 6.59. The Hall–Kier alpha value is -3.60. The summed E-state index contributed by atoms with van der Waals surface area (Å²) < 4.78 is 12.0. The van der Waals surface area contributed by atoms with Gasteiger partial charge in [0.05, 0.1) is 21.8 Å². The van der Waals surface area contributed by atoms with Crippen molar-refractivity contribution < 1.29 is 24.2 Å². The number of benzene rings is 2. The number of anilines is 1. The highest BCUT2D eigenvalue weighted by molar-refractivity contribution is 6.33. The molecule has 1 aliphatic heterocycles. The van der Waals surface area contributed by atoms with Crippen molar-refractivity contribution in [2.45, 2.75) is 18.9 Å². The molecule has 0 spiro atoms. The third-order valence-corrected chi connectivity index (χ3v) is 6.33. The lowest BCUT2D eigenvalue weighted by Gasteiger charge is -2.20. The van der Waals surface area contributed by atoms with Crippen LogP contribution in [0.25, 0.3) is 10.9 Å². The summed E-state index contributed by atoms with van der Waals surface area (Å²) in [6.45, 7) is 2.53. The molecule has 11 heteroatoms. The minimum Gasteiger partial charge on any atom is -0.490 e. The second-order valence-corrected chi connectivity index (χ2v) is 9.08. The number of pyridine rings is 1. The van der Waals surface area contributed by atoms with E-state index >= 15 is 0 Å². The molecule has 10 nitrogen and oxygen atoms in total. The highest BCUT2D eigenvalue weighted by Gasteiger charge is 2.20. The molecule has 196 valence electrons. The molecule has 3 aromatic rings. The largest absolute Gasteiger partial charge is 0.490 e. The zero-order valence-electron chi connectivity index (χ0n) is 20.7. The summed E-state index contributed by atoms with van der Waals surface area (Å²) in [5.74, 6) is 0.878. The number of rotatable bonds is 9. The second-order valence-electron chi connectivity index (χ2n) is 8.67. The molecular formula is C26H30ClN5O5. The van der Waals surface area contributed by atoms with Gasteiger partial charge in [-0.3, -0.25) is 9.78 Å². The zero-order chi connectivity index (χ0) is 26.4. The van der Waals surface area contributed by atoms with Gasteiger partial charge < -0.3 is 35.4 Å². The molecule has 1 atom stereocenters. The quantitative estimate of drug-likeness (QED) is 0.335. The Morgan fingerprint density at radius 2 is 1.89 bits per heavy atom. The second kappa shape index (κ2) is 12.1. The fourth-order valence-electron chi connectivity index (χ4n) is 4.14. The van der Waals surface area contributed by atoms with Crippen molar-refractivity contribution >= 4 is 40.1 Å². The predicted octanol–water partition coefficient (Wildman–Crippen LogP) is 3.63.